The minimum absolute atomic E-state index is 0.0842. The summed E-state index contributed by atoms with van der Waals surface area (Å²) in [6.07, 6.45) is 0.724. The van der Waals surface area contributed by atoms with Gasteiger partial charge in [-0.3, -0.25) is 4.79 Å². The van der Waals surface area contributed by atoms with Gasteiger partial charge in [-0.25, -0.2) is 9.48 Å². The van der Waals surface area contributed by atoms with E-state index in [9.17, 15) is 9.59 Å². The fourth-order valence-electron chi connectivity index (χ4n) is 4.52. The van der Waals surface area contributed by atoms with Gasteiger partial charge in [0.15, 0.2) is 0 Å². The largest absolute Gasteiger partial charge is 0.497 e. The number of rotatable bonds is 10. The van der Waals surface area contributed by atoms with Gasteiger partial charge in [0.05, 0.1) is 18.5 Å². The maximum atomic E-state index is 13.5. The summed E-state index contributed by atoms with van der Waals surface area (Å²) < 4.78 is 7.01. The highest BCUT2D eigenvalue weighted by atomic mass is 16.5. The molecule has 0 saturated carbocycles. The van der Waals surface area contributed by atoms with Gasteiger partial charge in [0.1, 0.15) is 18.1 Å². The number of ether oxygens (including phenoxy) is 1. The molecule has 0 fully saturated rings. The van der Waals surface area contributed by atoms with E-state index in [1.807, 2.05) is 43.3 Å². The van der Waals surface area contributed by atoms with Crippen molar-refractivity contribution < 1.29 is 14.3 Å². The van der Waals surface area contributed by atoms with Crippen molar-refractivity contribution in [2.24, 2.45) is 0 Å². The van der Waals surface area contributed by atoms with Crippen molar-refractivity contribution in [3.63, 3.8) is 0 Å². The summed E-state index contributed by atoms with van der Waals surface area (Å²) in [6.45, 7) is 17.0. The summed E-state index contributed by atoms with van der Waals surface area (Å²) in [6, 6.07) is 15.2. The van der Waals surface area contributed by atoms with Crippen molar-refractivity contribution in [3.05, 3.63) is 65.4 Å². The molecule has 1 aromatic heterocycles. The van der Waals surface area contributed by atoms with Gasteiger partial charge in [0, 0.05) is 23.7 Å². The van der Waals surface area contributed by atoms with Crippen LogP contribution in [0.2, 0.25) is 0 Å². The number of carbonyl (C=O) groups is 2. The number of carbonyl (C=O) groups excluding carboxylic acids is 2. The molecule has 0 radical (unpaired) electrons. The Bertz CT molecular complexity index is 1280. The van der Waals surface area contributed by atoms with E-state index in [1.165, 1.54) is 0 Å². The minimum atomic E-state index is -0.292. The third kappa shape index (κ3) is 7.43. The van der Waals surface area contributed by atoms with Crippen LogP contribution >= 0.6 is 0 Å². The number of hydrogen-bond donors (Lipinski definition) is 2. The highest BCUT2D eigenvalue weighted by Gasteiger charge is 2.24. The molecule has 3 rings (SSSR count). The Morgan fingerprint density at radius 3 is 2.08 bits per heavy atom. The van der Waals surface area contributed by atoms with Gasteiger partial charge >= 0.3 is 6.03 Å². The van der Waals surface area contributed by atoms with Crippen LogP contribution < -0.4 is 15.4 Å². The van der Waals surface area contributed by atoms with Gasteiger partial charge in [0.25, 0.3) is 0 Å². The molecule has 216 valence electrons. The van der Waals surface area contributed by atoms with Gasteiger partial charge in [-0.2, -0.15) is 5.10 Å². The van der Waals surface area contributed by atoms with E-state index < -0.39 is 0 Å². The smallest absolute Gasteiger partial charge is 0.322 e. The van der Waals surface area contributed by atoms with Gasteiger partial charge < -0.3 is 20.3 Å². The average molecular weight is 548 g/mol. The molecule has 0 aliphatic rings. The zero-order valence-corrected chi connectivity index (χ0v) is 25.5. The number of urea groups is 1. The number of aromatic nitrogens is 2. The van der Waals surface area contributed by atoms with E-state index >= 15 is 0 Å². The van der Waals surface area contributed by atoms with Gasteiger partial charge in [-0.1, -0.05) is 73.6 Å². The van der Waals surface area contributed by atoms with Crippen molar-refractivity contribution in [2.75, 3.05) is 30.8 Å². The Labute approximate surface area is 239 Å². The molecule has 3 aromatic rings. The van der Waals surface area contributed by atoms with E-state index in [4.69, 9.17) is 9.84 Å². The van der Waals surface area contributed by atoms with E-state index in [1.54, 1.807) is 16.7 Å². The minimum Gasteiger partial charge on any atom is -0.497 e. The molecule has 2 N–H and O–H groups in total. The second-order valence-electron chi connectivity index (χ2n) is 11.8. The van der Waals surface area contributed by atoms with Crippen LogP contribution in [-0.2, 0) is 10.2 Å². The quantitative estimate of drug-likeness (QED) is 0.279. The van der Waals surface area contributed by atoms with E-state index in [-0.39, 0.29) is 35.7 Å². The molecule has 0 spiro atoms. The average Bonchev–Trinajstić information content (AvgIpc) is 3.32. The molecule has 8 heteroatoms. The predicted octanol–water partition coefficient (Wildman–Crippen LogP) is 7.31. The maximum absolute atomic E-state index is 13.5. The molecule has 0 bridgehead atoms. The Balaban J connectivity index is 1.86. The van der Waals surface area contributed by atoms with Crippen LogP contribution in [0.25, 0.3) is 5.69 Å². The van der Waals surface area contributed by atoms with Crippen molar-refractivity contribution in [1.82, 2.24) is 14.7 Å². The number of para-hydroxylation sites is 1. The van der Waals surface area contributed by atoms with Gasteiger partial charge in [-0.15, -0.1) is 0 Å². The van der Waals surface area contributed by atoms with E-state index in [0.29, 0.717) is 12.4 Å². The van der Waals surface area contributed by atoms with Crippen LogP contribution in [-0.4, -0.2) is 46.8 Å². The lowest BCUT2D eigenvalue weighted by atomic mass is 9.92. The third-order valence-corrected chi connectivity index (χ3v) is 6.78. The molecular formula is C32H45N5O3. The maximum Gasteiger partial charge on any atom is 0.322 e. The number of methoxy groups -OCH3 is 1. The van der Waals surface area contributed by atoms with Crippen LogP contribution in [0.3, 0.4) is 0 Å². The molecule has 8 nitrogen and oxygen atoms in total. The summed E-state index contributed by atoms with van der Waals surface area (Å²) in [4.78, 5) is 28.4. The SMILES string of the molecule is CCCN(CC(=O)Nc1cc(C(C)(C)C)nn1-c1ccc(OC)cc1)C(=O)Nc1c(C(C)C)cccc1C(C)C. The molecular weight excluding hydrogens is 502 g/mol. The number of hydrogen-bond acceptors (Lipinski definition) is 4. The fraction of sp³-hybridized carbons (Fsp3) is 0.469. The Morgan fingerprint density at radius 2 is 1.57 bits per heavy atom. The number of nitrogens with one attached hydrogen (secondary N) is 2. The zero-order valence-electron chi connectivity index (χ0n) is 25.5. The van der Waals surface area contributed by atoms with Crippen molar-refractivity contribution in [2.45, 2.75) is 79.1 Å². The Kier molecular flexibility index (Phi) is 10.0. The van der Waals surface area contributed by atoms with Gasteiger partial charge in [0.2, 0.25) is 5.91 Å². The van der Waals surface area contributed by atoms with Crippen LogP contribution in [0.4, 0.5) is 16.3 Å². The molecule has 1 heterocycles. The highest BCUT2D eigenvalue weighted by Crippen LogP contribution is 2.33. The van der Waals surface area contributed by atoms with Crippen LogP contribution in [0.5, 0.6) is 5.75 Å². The molecule has 3 amide bonds. The van der Waals surface area contributed by atoms with Crippen LogP contribution in [0, 0.1) is 0 Å². The van der Waals surface area contributed by atoms with Crippen molar-refractivity contribution in [1.29, 1.82) is 0 Å². The lowest BCUT2D eigenvalue weighted by molar-refractivity contribution is -0.116. The highest BCUT2D eigenvalue weighted by molar-refractivity contribution is 5.97. The second-order valence-corrected chi connectivity index (χ2v) is 11.8. The Morgan fingerprint density at radius 1 is 0.975 bits per heavy atom. The van der Waals surface area contributed by atoms with Crippen molar-refractivity contribution >= 4 is 23.4 Å². The molecule has 0 unspecified atom stereocenters. The zero-order chi connectivity index (χ0) is 29.6. The fourth-order valence-corrected chi connectivity index (χ4v) is 4.52. The first-order chi connectivity index (χ1) is 18.8. The third-order valence-electron chi connectivity index (χ3n) is 6.78. The predicted molar refractivity (Wildman–Crippen MR) is 163 cm³/mol. The van der Waals surface area contributed by atoms with E-state index in [2.05, 4.69) is 71.2 Å². The standard InChI is InChI=1S/C32H45N5O3/c1-10-18-36(31(39)34-30-25(21(2)3)12-11-13-26(30)22(4)5)20-29(38)33-28-19-27(32(6,7)8)35-37(28)23-14-16-24(40-9)17-15-23/h11-17,19,21-22H,10,18,20H2,1-9H3,(H,33,38)(H,34,39). The lowest BCUT2D eigenvalue weighted by Crippen LogP contribution is -2.41. The van der Waals surface area contributed by atoms with Gasteiger partial charge in [-0.05, 0) is 53.6 Å². The van der Waals surface area contributed by atoms with Crippen LogP contribution in [0.1, 0.15) is 90.5 Å². The topological polar surface area (TPSA) is 88.5 Å². The summed E-state index contributed by atoms with van der Waals surface area (Å²) in [7, 11) is 1.62. The summed E-state index contributed by atoms with van der Waals surface area (Å²) >= 11 is 0. The molecule has 0 atom stereocenters. The van der Waals surface area contributed by atoms with Crippen molar-refractivity contribution in [3.8, 4) is 11.4 Å². The summed E-state index contributed by atoms with van der Waals surface area (Å²) in [5.41, 5.74) is 4.42. The molecule has 0 aliphatic carbocycles. The number of nitrogens with zero attached hydrogens (tertiary/aromatic N) is 3. The second kappa shape index (κ2) is 13.0. The molecule has 0 aliphatic heterocycles. The Hall–Kier alpha value is -3.81. The summed E-state index contributed by atoms with van der Waals surface area (Å²) in [5.74, 6) is 1.47. The molecule has 0 saturated heterocycles. The number of benzene rings is 2. The summed E-state index contributed by atoms with van der Waals surface area (Å²) in [5, 5.41) is 10.9. The van der Waals surface area contributed by atoms with E-state index in [0.717, 1.165) is 40.4 Å². The number of amides is 3. The molecule has 2 aromatic carbocycles. The first-order valence-corrected chi connectivity index (χ1v) is 14.1. The lowest BCUT2D eigenvalue weighted by Gasteiger charge is -2.25. The number of anilines is 2. The monoisotopic (exact) mass is 547 g/mol. The first kappa shape index (κ1) is 30.7. The van der Waals surface area contributed by atoms with Crippen LogP contribution in [0.15, 0.2) is 48.5 Å². The first-order valence-electron chi connectivity index (χ1n) is 14.1. The molecule has 40 heavy (non-hydrogen) atoms. The normalized spacial score (nSPS) is 11.6.